The summed E-state index contributed by atoms with van der Waals surface area (Å²) < 4.78 is 45.0. The fraction of sp³-hybridized carbons (Fsp3) is 0.462. The van der Waals surface area contributed by atoms with Gasteiger partial charge in [0.25, 0.3) is 0 Å². The Balaban J connectivity index is 0.000000195. The third-order valence-corrected chi connectivity index (χ3v) is 8.89. The van der Waals surface area contributed by atoms with Gasteiger partial charge in [0, 0.05) is 38.4 Å². The van der Waals surface area contributed by atoms with Gasteiger partial charge in [0.15, 0.2) is 5.71 Å². The van der Waals surface area contributed by atoms with E-state index < -0.39 is 27.4 Å². The van der Waals surface area contributed by atoms with Gasteiger partial charge in [-0.1, -0.05) is 35.5 Å². The minimum absolute atomic E-state index is 0.0321. The number of piperidine rings is 1. The Bertz CT molecular complexity index is 1200. The molecule has 37 heavy (non-hydrogen) atoms. The fourth-order valence-electron chi connectivity index (χ4n) is 4.73. The summed E-state index contributed by atoms with van der Waals surface area (Å²) in [5.74, 6) is -1.62. The van der Waals surface area contributed by atoms with Crippen molar-refractivity contribution in [2.24, 2.45) is 10.9 Å². The largest absolute Gasteiger partial charge is 0.477 e. The van der Waals surface area contributed by atoms with Crippen LogP contribution in [0.15, 0.2) is 64.6 Å². The molecule has 3 N–H and O–H groups in total. The van der Waals surface area contributed by atoms with Crippen molar-refractivity contribution >= 4 is 21.7 Å². The molecule has 2 aromatic carbocycles. The van der Waals surface area contributed by atoms with Crippen LogP contribution < -0.4 is 5.73 Å². The maximum atomic E-state index is 12.9. The van der Waals surface area contributed by atoms with E-state index in [0.29, 0.717) is 19.4 Å². The van der Waals surface area contributed by atoms with Gasteiger partial charge in [0.05, 0.1) is 17.6 Å². The molecule has 2 unspecified atom stereocenters. The molecule has 0 amide bonds. The number of halogens is 1. The summed E-state index contributed by atoms with van der Waals surface area (Å²) in [5.41, 5.74) is 6.37. The Morgan fingerprint density at radius 1 is 1.14 bits per heavy atom. The molecule has 2 aliphatic heterocycles. The van der Waals surface area contributed by atoms with Crippen molar-refractivity contribution < 1.29 is 32.3 Å². The van der Waals surface area contributed by atoms with E-state index in [9.17, 15) is 17.6 Å². The molecule has 200 valence electrons. The predicted octanol–water partition coefficient (Wildman–Crippen LogP) is 3.29. The van der Waals surface area contributed by atoms with E-state index in [2.05, 4.69) is 17.3 Å². The Labute approximate surface area is 216 Å². The van der Waals surface area contributed by atoms with E-state index in [1.165, 1.54) is 28.4 Å². The molecule has 1 spiro atoms. The Kier molecular flexibility index (Phi) is 8.58. The number of benzene rings is 2. The summed E-state index contributed by atoms with van der Waals surface area (Å²) in [6.45, 7) is 1.09. The number of carbonyl (C=O) groups is 1. The first-order valence-corrected chi connectivity index (χ1v) is 13.8. The number of carboxylic acid groups (broad SMARTS) is 1. The Morgan fingerprint density at radius 3 is 2.38 bits per heavy atom. The molecule has 0 bridgehead atoms. The van der Waals surface area contributed by atoms with E-state index in [4.69, 9.17) is 20.4 Å². The van der Waals surface area contributed by atoms with Crippen molar-refractivity contribution in [1.82, 2.24) is 4.31 Å². The van der Waals surface area contributed by atoms with Gasteiger partial charge in [-0.05, 0) is 49.1 Å². The monoisotopic (exact) mass is 533 g/mol. The average molecular weight is 534 g/mol. The third kappa shape index (κ3) is 6.72. The number of hydrogen-bond donors (Lipinski definition) is 2. The van der Waals surface area contributed by atoms with Crippen molar-refractivity contribution in [3.8, 4) is 0 Å². The van der Waals surface area contributed by atoms with E-state index in [-0.39, 0.29) is 42.3 Å². The van der Waals surface area contributed by atoms with Gasteiger partial charge in [-0.2, -0.15) is 4.31 Å². The van der Waals surface area contributed by atoms with Gasteiger partial charge in [-0.3, -0.25) is 0 Å². The summed E-state index contributed by atoms with van der Waals surface area (Å²) in [6.07, 6.45) is 4.60. The summed E-state index contributed by atoms with van der Waals surface area (Å²) in [7, 11) is -3.70. The normalized spacial score (nSPS) is 23.1. The Hall–Kier alpha value is -2.86. The molecular formula is C26H32FN3O6S. The number of ether oxygens (including phenoxy) is 1. The molecule has 1 saturated carbocycles. The quantitative estimate of drug-likeness (QED) is 0.582. The first kappa shape index (κ1) is 27.2. The van der Waals surface area contributed by atoms with E-state index >= 15 is 0 Å². The second kappa shape index (κ2) is 11.7. The van der Waals surface area contributed by atoms with Gasteiger partial charge < -0.3 is 20.4 Å². The fourth-order valence-corrected chi connectivity index (χ4v) is 6.17. The maximum Gasteiger partial charge on any atom is 0.353 e. The van der Waals surface area contributed by atoms with Crippen LogP contribution in [0.2, 0.25) is 0 Å². The minimum atomic E-state index is -3.70. The van der Waals surface area contributed by atoms with E-state index in [1.54, 1.807) is 0 Å². The molecule has 0 aromatic heterocycles. The number of oxime groups is 1. The van der Waals surface area contributed by atoms with Crippen LogP contribution in [-0.4, -0.2) is 60.3 Å². The van der Waals surface area contributed by atoms with Crippen LogP contribution in [0, 0.1) is 5.82 Å². The highest BCUT2D eigenvalue weighted by atomic mass is 32.2. The zero-order valence-electron chi connectivity index (χ0n) is 20.5. The second-order valence-corrected chi connectivity index (χ2v) is 11.5. The molecular weight excluding hydrogens is 501 g/mol. The number of sulfonamides is 1. The van der Waals surface area contributed by atoms with Gasteiger partial charge in [-0.25, -0.2) is 17.6 Å². The average Bonchev–Trinajstić information content (AvgIpc) is 3.50. The van der Waals surface area contributed by atoms with Crippen molar-refractivity contribution in [1.29, 1.82) is 0 Å². The van der Waals surface area contributed by atoms with Gasteiger partial charge >= 0.3 is 5.97 Å². The lowest BCUT2D eigenvalue weighted by Crippen LogP contribution is -2.47. The summed E-state index contributed by atoms with van der Waals surface area (Å²) in [6, 6.07) is 15.2. The summed E-state index contributed by atoms with van der Waals surface area (Å²) >= 11 is 0. The molecule has 3 aliphatic rings. The van der Waals surface area contributed by atoms with Crippen LogP contribution in [0.4, 0.5) is 4.39 Å². The van der Waals surface area contributed by atoms with Crippen molar-refractivity contribution in [3.63, 3.8) is 0 Å². The molecule has 2 aromatic rings. The van der Waals surface area contributed by atoms with Crippen LogP contribution in [0.5, 0.6) is 0 Å². The van der Waals surface area contributed by atoms with Crippen LogP contribution in [0.1, 0.15) is 44.1 Å². The van der Waals surface area contributed by atoms with Crippen molar-refractivity contribution in [3.05, 3.63) is 66.0 Å². The lowest BCUT2D eigenvalue weighted by atomic mass is 9.88. The number of nitrogens with two attached hydrogens (primary N) is 1. The van der Waals surface area contributed by atoms with Crippen LogP contribution in [-0.2, 0) is 31.0 Å². The van der Waals surface area contributed by atoms with Crippen LogP contribution in [0.3, 0.4) is 0 Å². The van der Waals surface area contributed by atoms with Gasteiger partial charge in [0.1, 0.15) is 11.4 Å². The first-order chi connectivity index (χ1) is 17.7. The van der Waals surface area contributed by atoms with Gasteiger partial charge in [0.2, 0.25) is 10.0 Å². The summed E-state index contributed by atoms with van der Waals surface area (Å²) in [4.78, 5) is 16.2. The highest BCUT2D eigenvalue weighted by molar-refractivity contribution is 7.89. The molecule has 5 rings (SSSR count). The molecule has 2 heterocycles. The zero-order chi connectivity index (χ0) is 26.5. The smallest absolute Gasteiger partial charge is 0.353 e. The number of aliphatic carboxylic acids is 1. The molecule has 1 aliphatic carbocycles. The minimum Gasteiger partial charge on any atom is -0.477 e. The second-order valence-electron chi connectivity index (χ2n) is 9.58. The van der Waals surface area contributed by atoms with Crippen molar-refractivity contribution in [2.45, 2.75) is 67.8 Å². The van der Waals surface area contributed by atoms with Crippen LogP contribution in [0.25, 0.3) is 0 Å². The molecule has 2 atom stereocenters. The Morgan fingerprint density at radius 2 is 1.81 bits per heavy atom. The summed E-state index contributed by atoms with van der Waals surface area (Å²) in [5, 5.41) is 12.5. The first-order valence-electron chi connectivity index (χ1n) is 12.3. The SMILES string of the molecule is NC1CCCC1OCc1ccccc1.O=C(O)C1=NOC2(CCN(S(=O)(=O)c3ccc(F)cc3)CC2)C1. The number of hydrogen-bond acceptors (Lipinski definition) is 7. The number of nitrogens with zero attached hydrogens (tertiary/aromatic N) is 2. The predicted molar refractivity (Wildman–Crippen MR) is 135 cm³/mol. The van der Waals surface area contributed by atoms with Gasteiger partial charge in [-0.15, -0.1) is 0 Å². The maximum absolute atomic E-state index is 12.9. The zero-order valence-corrected chi connectivity index (χ0v) is 21.3. The third-order valence-electron chi connectivity index (χ3n) is 6.98. The molecule has 11 heteroatoms. The highest BCUT2D eigenvalue weighted by Crippen LogP contribution is 2.36. The highest BCUT2D eigenvalue weighted by Gasteiger charge is 2.45. The number of rotatable bonds is 6. The topological polar surface area (TPSA) is 132 Å². The molecule has 1 saturated heterocycles. The molecule has 0 radical (unpaired) electrons. The lowest BCUT2D eigenvalue weighted by molar-refractivity contribution is -0.129. The molecule has 2 fully saturated rings. The van der Waals surface area contributed by atoms with Crippen molar-refractivity contribution in [2.75, 3.05) is 13.1 Å². The van der Waals surface area contributed by atoms with E-state index in [0.717, 1.165) is 25.0 Å². The molecule has 9 nitrogen and oxygen atoms in total. The van der Waals surface area contributed by atoms with E-state index in [1.807, 2.05) is 18.2 Å². The lowest BCUT2D eigenvalue weighted by Gasteiger charge is -2.36. The van der Waals surface area contributed by atoms with Crippen LogP contribution >= 0.6 is 0 Å². The standard InChI is InChI=1S/C14H15FN2O5S.C12H17NO/c15-10-1-3-11(4-2-10)23(20,21)17-7-5-14(6-8-17)9-12(13(18)19)16-22-14;13-11-7-4-8-12(11)14-9-10-5-2-1-3-6-10/h1-4H,5-9H2,(H,18,19);1-3,5-6,11-12H,4,7-9,13H2. The number of carboxylic acids is 1.